The van der Waals surface area contributed by atoms with Crippen LogP contribution in [-0.4, -0.2) is 32.8 Å². The minimum absolute atomic E-state index is 0.691. The van der Waals surface area contributed by atoms with Crippen LogP contribution in [0, 0.1) is 0 Å². The molecule has 2 heterocycles. The Hall–Kier alpha value is -4.12. The number of rotatable bonds is 12. The van der Waals surface area contributed by atoms with Gasteiger partial charge in [0.1, 0.15) is 0 Å². The van der Waals surface area contributed by atoms with Gasteiger partial charge in [0.05, 0.1) is 39.6 Å². The summed E-state index contributed by atoms with van der Waals surface area (Å²) in [5.41, 5.74) is 4.17. The second-order valence-electron chi connectivity index (χ2n) is 8.88. The lowest BCUT2D eigenvalue weighted by Gasteiger charge is -2.05. The van der Waals surface area contributed by atoms with E-state index >= 15 is 0 Å². The zero-order valence-corrected chi connectivity index (χ0v) is 21.9. The number of hydrogen-bond acceptors (Lipinski definition) is 7. The molecule has 0 unspecified atom stereocenters. The van der Waals surface area contributed by atoms with Crippen LogP contribution in [0.2, 0.25) is 0 Å². The summed E-state index contributed by atoms with van der Waals surface area (Å²) in [7, 11) is 7.47. The number of hydrogen-bond donors (Lipinski definition) is 0. The molecule has 2 aromatic heterocycles. The lowest BCUT2D eigenvalue weighted by atomic mass is 10.1. The van der Waals surface area contributed by atoms with Crippen LogP contribution in [0.15, 0.2) is 81.6 Å². The van der Waals surface area contributed by atoms with E-state index in [4.69, 9.17) is 4.74 Å². The molecular weight excluding hydrogens is 468 g/mol. The monoisotopic (exact) mass is 502 g/mol. The summed E-state index contributed by atoms with van der Waals surface area (Å²) in [4.78, 5) is 0. The molecule has 0 fully saturated rings. The largest absolute Gasteiger partial charge is 0.403 e. The molecule has 11 nitrogen and oxygen atoms in total. The van der Waals surface area contributed by atoms with E-state index in [1.54, 1.807) is 22.0 Å². The third kappa shape index (κ3) is 7.43. The van der Waals surface area contributed by atoms with E-state index in [0.717, 1.165) is 50.3 Å². The average molecular weight is 503 g/mol. The topological polar surface area (TPSA) is 102 Å². The molecule has 11 heteroatoms. The standard InChI is InChI=1S/C26H34N10O/c1-33-19-27-35(3)25(33)31-29-23-13-9-21(10-14-23)7-5-17-37-18-6-8-22-11-15-24(16-12-22)30-32-26-34(2)20-28-36(26)4/h9-16,19-20H,5-8,17-18H2,1-4H3/q+2. The number of aryl methyl sites for hydroxylation is 6. The first-order chi connectivity index (χ1) is 18.0. The molecular formula is C26H34N10O+2. The Morgan fingerprint density at radius 2 is 1.05 bits per heavy atom. The summed E-state index contributed by atoms with van der Waals surface area (Å²) < 4.78 is 12.9. The Morgan fingerprint density at radius 3 is 1.41 bits per heavy atom. The van der Waals surface area contributed by atoms with Gasteiger partial charge in [-0.1, -0.05) is 34.5 Å². The number of benzene rings is 2. The maximum atomic E-state index is 5.84. The van der Waals surface area contributed by atoms with Gasteiger partial charge in [0, 0.05) is 23.4 Å². The quantitative estimate of drug-likeness (QED) is 0.165. The van der Waals surface area contributed by atoms with Crippen molar-refractivity contribution in [3.05, 3.63) is 72.3 Å². The second kappa shape index (κ2) is 12.7. The van der Waals surface area contributed by atoms with Gasteiger partial charge in [0.25, 0.3) is 0 Å². The molecule has 0 N–H and O–H groups in total. The van der Waals surface area contributed by atoms with Crippen molar-refractivity contribution in [2.45, 2.75) is 25.7 Å². The van der Waals surface area contributed by atoms with Crippen molar-refractivity contribution in [3.8, 4) is 0 Å². The Morgan fingerprint density at radius 1 is 0.649 bits per heavy atom. The maximum absolute atomic E-state index is 5.84. The van der Waals surface area contributed by atoms with E-state index in [1.807, 2.05) is 61.6 Å². The molecule has 4 rings (SSSR count). The Labute approximate surface area is 216 Å². The van der Waals surface area contributed by atoms with Crippen molar-refractivity contribution in [1.82, 2.24) is 19.6 Å². The van der Waals surface area contributed by atoms with Crippen molar-refractivity contribution in [1.29, 1.82) is 0 Å². The van der Waals surface area contributed by atoms with Gasteiger partial charge >= 0.3 is 11.9 Å². The smallest absolute Gasteiger partial charge is 0.381 e. The molecule has 0 amide bonds. The van der Waals surface area contributed by atoms with Crippen LogP contribution in [0.5, 0.6) is 0 Å². The van der Waals surface area contributed by atoms with Gasteiger partial charge in [0.15, 0.2) is 0 Å². The van der Waals surface area contributed by atoms with E-state index in [0.29, 0.717) is 11.9 Å². The Bertz CT molecular complexity index is 1190. The van der Waals surface area contributed by atoms with Crippen molar-refractivity contribution >= 4 is 23.3 Å². The lowest BCUT2D eigenvalue weighted by molar-refractivity contribution is -0.659. The van der Waals surface area contributed by atoms with Gasteiger partial charge in [-0.15, -0.1) is 9.36 Å². The van der Waals surface area contributed by atoms with E-state index in [2.05, 4.69) is 54.9 Å². The Balaban J connectivity index is 1.10. The van der Waals surface area contributed by atoms with E-state index < -0.39 is 0 Å². The third-order valence-electron chi connectivity index (χ3n) is 5.90. The minimum atomic E-state index is 0.691. The SMILES string of the molecule is Cn1nc[n+](C)c1N=Nc1ccc(CCCOCCCc2ccc(N=Nc3n(C)nc[n+]3C)cc2)cc1. The second-order valence-corrected chi connectivity index (χ2v) is 8.88. The molecule has 0 atom stereocenters. The van der Waals surface area contributed by atoms with Gasteiger partial charge in [-0.05, 0) is 71.3 Å². The summed E-state index contributed by atoms with van der Waals surface area (Å²) in [6.45, 7) is 1.51. The highest BCUT2D eigenvalue weighted by molar-refractivity contribution is 5.39. The van der Waals surface area contributed by atoms with Crippen LogP contribution in [0.4, 0.5) is 23.3 Å². The van der Waals surface area contributed by atoms with Crippen LogP contribution in [-0.2, 0) is 45.8 Å². The molecule has 4 aromatic rings. The van der Waals surface area contributed by atoms with E-state index in [9.17, 15) is 0 Å². The van der Waals surface area contributed by atoms with Gasteiger partial charge in [-0.25, -0.2) is 9.13 Å². The predicted molar refractivity (Wildman–Crippen MR) is 137 cm³/mol. The first-order valence-corrected chi connectivity index (χ1v) is 12.3. The third-order valence-corrected chi connectivity index (χ3v) is 5.90. The van der Waals surface area contributed by atoms with Gasteiger partial charge in [-0.3, -0.25) is 0 Å². The van der Waals surface area contributed by atoms with Gasteiger partial charge in [-0.2, -0.15) is 0 Å². The zero-order chi connectivity index (χ0) is 26.0. The first-order valence-electron chi connectivity index (χ1n) is 12.3. The molecule has 0 saturated carbocycles. The Kier molecular flexibility index (Phi) is 8.93. The number of ether oxygens (including phenoxy) is 1. The molecule has 37 heavy (non-hydrogen) atoms. The maximum Gasteiger partial charge on any atom is 0.403 e. The number of azo groups is 2. The van der Waals surface area contributed by atoms with Gasteiger partial charge in [0.2, 0.25) is 12.7 Å². The highest BCUT2D eigenvalue weighted by atomic mass is 16.5. The molecule has 0 bridgehead atoms. The fourth-order valence-electron chi connectivity index (χ4n) is 3.77. The van der Waals surface area contributed by atoms with Crippen LogP contribution in [0.1, 0.15) is 24.0 Å². The summed E-state index contributed by atoms with van der Waals surface area (Å²) in [5, 5.41) is 25.4. The average Bonchev–Trinajstić information content (AvgIpc) is 3.41. The molecule has 0 spiro atoms. The highest BCUT2D eigenvalue weighted by Crippen LogP contribution is 2.18. The van der Waals surface area contributed by atoms with Crippen molar-refractivity contribution in [3.63, 3.8) is 0 Å². The van der Waals surface area contributed by atoms with E-state index in [-0.39, 0.29) is 0 Å². The summed E-state index contributed by atoms with van der Waals surface area (Å²) in [5.74, 6) is 1.38. The summed E-state index contributed by atoms with van der Waals surface area (Å²) in [6.07, 6.45) is 7.33. The molecule has 0 aliphatic heterocycles. The summed E-state index contributed by atoms with van der Waals surface area (Å²) in [6, 6.07) is 16.3. The molecule has 192 valence electrons. The van der Waals surface area contributed by atoms with Crippen LogP contribution < -0.4 is 9.13 Å². The van der Waals surface area contributed by atoms with Crippen LogP contribution in [0.3, 0.4) is 0 Å². The fourth-order valence-corrected chi connectivity index (χ4v) is 3.77. The number of nitrogens with zero attached hydrogens (tertiary/aromatic N) is 10. The van der Waals surface area contributed by atoms with Crippen molar-refractivity contribution in [2.75, 3.05) is 13.2 Å². The molecule has 2 aromatic carbocycles. The van der Waals surface area contributed by atoms with Crippen molar-refractivity contribution < 1.29 is 13.9 Å². The molecule has 0 saturated heterocycles. The van der Waals surface area contributed by atoms with Crippen molar-refractivity contribution in [2.24, 2.45) is 48.6 Å². The fraction of sp³-hybridized carbons (Fsp3) is 0.385. The normalized spacial score (nSPS) is 11.8. The predicted octanol–water partition coefficient (Wildman–Crippen LogP) is 4.22. The molecule has 0 aliphatic rings. The lowest BCUT2D eigenvalue weighted by Crippen LogP contribution is -2.25. The van der Waals surface area contributed by atoms with Crippen LogP contribution in [0.25, 0.3) is 0 Å². The van der Waals surface area contributed by atoms with Crippen LogP contribution >= 0.6 is 0 Å². The summed E-state index contributed by atoms with van der Waals surface area (Å²) >= 11 is 0. The van der Waals surface area contributed by atoms with Gasteiger partial charge < -0.3 is 4.74 Å². The molecule has 0 aliphatic carbocycles. The molecule has 0 radical (unpaired) electrons. The highest BCUT2D eigenvalue weighted by Gasteiger charge is 2.12. The minimum Gasteiger partial charge on any atom is -0.381 e. The zero-order valence-electron chi connectivity index (χ0n) is 21.9. The first kappa shape index (κ1) is 26.0. The number of aromatic nitrogens is 6. The van der Waals surface area contributed by atoms with E-state index in [1.165, 1.54) is 11.1 Å².